The molecule has 44 heavy (non-hydrogen) atoms. The quantitative estimate of drug-likeness (QED) is 0.162. The van der Waals surface area contributed by atoms with Crippen LogP contribution < -0.4 is 10.6 Å². The van der Waals surface area contributed by atoms with Gasteiger partial charge in [-0.05, 0) is 79.3 Å². The lowest BCUT2D eigenvalue weighted by atomic mass is 9.94. The van der Waals surface area contributed by atoms with Gasteiger partial charge in [-0.3, -0.25) is 19.2 Å². The third kappa shape index (κ3) is 6.88. The molecular formula is C33H42N4O6S. The van der Waals surface area contributed by atoms with E-state index in [0.717, 1.165) is 61.9 Å². The van der Waals surface area contributed by atoms with E-state index in [2.05, 4.69) is 33.2 Å². The molecule has 1 saturated heterocycles. The van der Waals surface area contributed by atoms with E-state index in [0.29, 0.717) is 32.1 Å². The smallest absolute Gasteiger partial charge is 0.303 e. The summed E-state index contributed by atoms with van der Waals surface area (Å²) in [5, 5.41) is 26.6. The van der Waals surface area contributed by atoms with Gasteiger partial charge in [0, 0.05) is 71.6 Å². The molecule has 0 saturated carbocycles. The van der Waals surface area contributed by atoms with E-state index in [1.54, 1.807) is 5.41 Å². The summed E-state index contributed by atoms with van der Waals surface area (Å²) in [7, 11) is 0. The topological polar surface area (TPSA) is 164 Å². The minimum Gasteiger partial charge on any atom is -0.481 e. The Morgan fingerprint density at radius 3 is 2.11 bits per heavy atom. The molecular weight excluding hydrogens is 580 g/mol. The van der Waals surface area contributed by atoms with Crippen LogP contribution in [0, 0.1) is 25.7 Å². The van der Waals surface area contributed by atoms with Gasteiger partial charge in [0.15, 0.2) is 0 Å². The first-order valence-corrected chi connectivity index (χ1v) is 15.5. The van der Waals surface area contributed by atoms with Gasteiger partial charge < -0.3 is 30.8 Å². The molecule has 0 radical (unpaired) electrons. The summed E-state index contributed by atoms with van der Waals surface area (Å²) < 4.78 is 0. The van der Waals surface area contributed by atoms with Gasteiger partial charge in [0.2, 0.25) is 11.8 Å². The Morgan fingerprint density at radius 2 is 1.55 bits per heavy atom. The lowest BCUT2D eigenvalue weighted by molar-refractivity contribution is -0.138. The number of aliphatic carboxylic acids is 2. The highest BCUT2D eigenvalue weighted by molar-refractivity contribution is 7.83. The van der Waals surface area contributed by atoms with Crippen LogP contribution in [0.5, 0.6) is 0 Å². The zero-order valence-electron chi connectivity index (χ0n) is 25.9. The second kappa shape index (κ2) is 13.8. The number of aromatic amines is 2. The molecule has 0 aromatic carbocycles. The largest absolute Gasteiger partial charge is 0.481 e. The number of hydrogen-bond donors (Lipinski definition) is 7. The summed E-state index contributed by atoms with van der Waals surface area (Å²) in [6, 6.07) is -0.143. The second-order valence-electron chi connectivity index (χ2n) is 11.8. The second-order valence-corrected chi connectivity index (χ2v) is 12.1. The highest BCUT2D eigenvalue weighted by atomic mass is 32.1. The van der Waals surface area contributed by atoms with E-state index < -0.39 is 11.9 Å². The summed E-state index contributed by atoms with van der Waals surface area (Å²) in [6.07, 6.45) is 5.96. The van der Waals surface area contributed by atoms with Gasteiger partial charge in [0.1, 0.15) is 0 Å². The van der Waals surface area contributed by atoms with E-state index in [9.17, 15) is 29.4 Å². The molecule has 1 fully saturated rings. The molecule has 2 aromatic rings. The average molecular weight is 623 g/mol. The first-order valence-electron chi connectivity index (χ1n) is 15.0. The van der Waals surface area contributed by atoms with Crippen molar-refractivity contribution in [3.05, 3.63) is 73.4 Å². The van der Waals surface area contributed by atoms with E-state index in [1.807, 2.05) is 46.8 Å². The molecule has 2 aliphatic rings. The molecule has 0 bridgehead atoms. The fraction of sp³-hybridized carbons (Fsp3) is 0.455. The number of carboxylic acids is 2. The molecule has 4 rings (SSSR count). The molecule has 6 N–H and O–H groups in total. The monoisotopic (exact) mass is 622 g/mol. The number of nitrogens with one attached hydrogen (secondary N) is 4. The zero-order valence-corrected chi connectivity index (χ0v) is 26.8. The van der Waals surface area contributed by atoms with E-state index in [4.69, 9.17) is 0 Å². The number of thiol groups is 1. The number of amides is 2. The molecule has 236 valence electrons. The molecule has 0 unspecified atom stereocenters. The molecule has 11 heteroatoms. The Labute approximate surface area is 262 Å². The van der Waals surface area contributed by atoms with E-state index in [-0.39, 0.29) is 42.5 Å². The summed E-state index contributed by atoms with van der Waals surface area (Å²) in [4.78, 5) is 55.1. The number of aromatic nitrogens is 2. The van der Waals surface area contributed by atoms with Crippen molar-refractivity contribution in [1.82, 2.24) is 20.6 Å². The third-order valence-corrected chi connectivity index (χ3v) is 9.29. The van der Waals surface area contributed by atoms with Crippen LogP contribution in [0.15, 0.2) is 28.3 Å². The van der Waals surface area contributed by atoms with Crippen LogP contribution in [-0.4, -0.2) is 50.0 Å². The minimum absolute atomic E-state index is 0.0326. The maximum Gasteiger partial charge on any atom is 0.303 e. The van der Waals surface area contributed by atoms with Crippen molar-refractivity contribution in [2.75, 3.05) is 0 Å². The number of carbonyl (C=O) groups is 4. The van der Waals surface area contributed by atoms with Crippen LogP contribution in [0.25, 0.3) is 6.08 Å². The Hall–Kier alpha value is -3.99. The van der Waals surface area contributed by atoms with Gasteiger partial charge in [-0.1, -0.05) is 19.9 Å². The SMILES string of the molecule is CCC1=C(C)[C@@H](Cc2[nH]c(Cc3[nH]c(/C=C4\NC(=O)[C@H](C)[C@H]4/C=C/S)c(C)c3CCC(=O)O)c(CCC(=O)O)c2C)NC1=O. The highest BCUT2D eigenvalue weighted by Gasteiger charge is 2.34. The highest BCUT2D eigenvalue weighted by Crippen LogP contribution is 2.33. The number of carboxylic acid groups (broad SMARTS) is 2. The van der Waals surface area contributed by atoms with Crippen molar-refractivity contribution in [3.63, 3.8) is 0 Å². The molecule has 10 nitrogen and oxygen atoms in total. The molecule has 2 aromatic heterocycles. The predicted octanol–water partition coefficient (Wildman–Crippen LogP) is 4.52. The number of hydrogen-bond acceptors (Lipinski definition) is 5. The molecule has 4 heterocycles. The minimum atomic E-state index is -0.902. The lowest BCUT2D eigenvalue weighted by Crippen LogP contribution is -2.30. The number of H-pyrrole nitrogens is 2. The molecule has 0 aliphatic carbocycles. The van der Waals surface area contributed by atoms with Crippen molar-refractivity contribution in [2.45, 2.75) is 85.6 Å². The first kappa shape index (κ1) is 32.9. The first-order chi connectivity index (χ1) is 20.9. The molecule has 2 aliphatic heterocycles. The van der Waals surface area contributed by atoms with Crippen molar-refractivity contribution in [3.8, 4) is 0 Å². The average Bonchev–Trinajstić information content (AvgIpc) is 3.60. The fourth-order valence-electron chi connectivity index (χ4n) is 6.46. The van der Waals surface area contributed by atoms with E-state index in [1.165, 1.54) is 0 Å². The van der Waals surface area contributed by atoms with Crippen LogP contribution in [0.3, 0.4) is 0 Å². The van der Waals surface area contributed by atoms with Crippen LogP contribution in [-0.2, 0) is 44.9 Å². The van der Waals surface area contributed by atoms with Crippen molar-refractivity contribution < 1.29 is 29.4 Å². The number of rotatable bonds is 13. The van der Waals surface area contributed by atoms with Gasteiger partial charge in [-0.25, -0.2) is 0 Å². The van der Waals surface area contributed by atoms with Gasteiger partial charge >= 0.3 is 11.9 Å². The summed E-state index contributed by atoms with van der Waals surface area (Å²) in [5.41, 5.74) is 9.62. The number of allylic oxidation sites excluding steroid dienone is 1. The van der Waals surface area contributed by atoms with Crippen LogP contribution in [0.2, 0.25) is 0 Å². The predicted molar refractivity (Wildman–Crippen MR) is 171 cm³/mol. The zero-order chi connectivity index (χ0) is 32.3. The summed E-state index contributed by atoms with van der Waals surface area (Å²) in [5.74, 6) is -2.32. The molecule has 0 spiro atoms. The van der Waals surface area contributed by atoms with Crippen molar-refractivity contribution >= 4 is 42.5 Å². The van der Waals surface area contributed by atoms with Crippen LogP contribution in [0.4, 0.5) is 0 Å². The third-order valence-electron chi connectivity index (χ3n) is 9.12. The molecule has 3 atom stereocenters. The van der Waals surface area contributed by atoms with Crippen molar-refractivity contribution in [2.24, 2.45) is 11.8 Å². The van der Waals surface area contributed by atoms with Gasteiger partial charge in [-0.2, -0.15) is 12.6 Å². The normalized spacial score (nSPS) is 21.1. The maximum absolute atomic E-state index is 12.5. The van der Waals surface area contributed by atoms with Gasteiger partial charge in [-0.15, -0.1) is 0 Å². The van der Waals surface area contributed by atoms with Crippen molar-refractivity contribution in [1.29, 1.82) is 0 Å². The Bertz CT molecular complexity index is 1580. The fourth-order valence-corrected chi connectivity index (χ4v) is 6.65. The van der Waals surface area contributed by atoms with Crippen LogP contribution in [0.1, 0.15) is 85.1 Å². The lowest BCUT2D eigenvalue weighted by Gasteiger charge is -2.12. The number of carbonyl (C=O) groups excluding carboxylic acids is 2. The van der Waals surface area contributed by atoms with Gasteiger partial charge in [0.25, 0.3) is 0 Å². The Kier molecular flexibility index (Phi) is 10.3. The maximum atomic E-state index is 12.5. The Balaban J connectivity index is 1.75. The molecule has 2 amide bonds. The van der Waals surface area contributed by atoms with Gasteiger partial charge in [0.05, 0.1) is 6.04 Å². The summed E-state index contributed by atoms with van der Waals surface area (Å²) in [6.45, 7) is 9.71. The summed E-state index contributed by atoms with van der Waals surface area (Å²) >= 11 is 4.21. The van der Waals surface area contributed by atoms with Crippen LogP contribution >= 0.6 is 12.6 Å². The standard InChI is InChI=1S/C33H42N4O6S/c1-6-20-16(2)26(36-33(20)43)13-24-17(3)21(7-9-30(38)39)27(34-24)15-28-22(8-10-31(40)41)18(4)25(35-28)14-29-23(11-12-44)19(5)32(42)37-29/h11-12,14,19,23,26,34-35,44H,6-10,13,15H2,1-5H3,(H,36,43)(H,37,42)(H,38,39)(H,40,41)/b12-11+,29-14-/t19-,23-,26-/m1/s1. The Morgan fingerprint density at radius 1 is 0.932 bits per heavy atom. The van der Waals surface area contributed by atoms with E-state index >= 15 is 0 Å².